The second-order valence-electron chi connectivity index (χ2n) is 4.33. The quantitative estimate of drug-likeness (QED) is 0.895. The van der Waals surface area contributed by atoms with Crippen LogP contribution in [0.25, 0.3) is 0 Å². The lowest BCUT2D eigenvalue weighted by atomic mass is 10.2. The molecular formula is C13H15N3O3. The number of hydrogen-bond donors (Lipinski definition) is 1. The second kappa shape index (κ2) is 4.81. The summed E-state index contributed by atoms with van der Waals surface area (Å²) in [6.07, 6.45) is 3.68. The van der Waals surface area contributed by atoms with Crippen molar-refractivity contribution < 1.29 is 14.2 Å². The van der Waals surface area contributed by atoms with Gasteiger partial charge in [0, 0.05) is 37.0 Å². The summed E-state index contributed by atoms with van der Waals surface area (Å²) in [5.74, 6) is 2.13. The Hall–Kier alpha value is -2.21. The van der Waals surface area contributed by atoms with E-state index in [9.17, 15) is 0 Å². The fourth-order valence-corrected chi connectivity index (χ4v) is 1.97. The van der Waals surface area contributed by atoms with Crippen LogP contribution < -0.4 is 19.9 Å². The third-order valence-electron chi connectivity index (χ3n) is 2.93. The van der Waals surface area contributed by atoms with Gasteiger partial charge in [-0.2, -0.15) is 5.10 Å². The van der Waals surface area contributed by atoms with Crippen LogP contribution >= 0.6 is 0 Å². The molecule has 19 heavy (non-hydrogen) atoms. The minimum atomic E-state index is 0.241. The van der Waals surface area contributed by atoms with E-state index in [0.717, 1.165) is 16.9 Å². The summed E-state index contributed by atoms with van der Waals surface area (Å²) >= 11 is 0. The van der Waals surface area contributed by atoms with Gasteiger partial charge in [0.25, 0.3) is 0 Å². The summed E-state index contributed by atoms with van der Waals surface area (Å²) in [5, 5.41) is 4.10. The minimum Gasteiger partial charge on any atom is -0.488 e. The van der Waals surface area contributed by atoms with Gasteiger partial charge in [0.05, 0.1) is 6.20 Å². The molecule has 6 heteroatoms. The van der Waals surface area contributed by atoms with Gasteiger partial charge in [-0.3, -0.25) is 4.68 Å². The molecule has 0 amide bonds. The molecule has 1 aromatic carbocycles. The minimum absolute atomic E-state index is 0.241. The van der Waals surface area contributed by atoms with Gasteiger partial charge in [-0.15, -0.1) is 0 Å². The summed E-state index contributed by atoms with van der Waals surface area (Å²) in [4.78, 5) is 0. The molecule has 1 aromatic heterocycles. The first-order valence-corrected chi connectivity index (χ1v) is 5.99. The van der Waals surface area contributed by atoms with Crippen LogP contribution in [0.4, 0.5) is 0 Å². The Morgan fingerprint density at radius 3 is 2.84 bits per heavy atom. The monoisotopic (exact) mass is 261 g/mol. The molecule has 2 heterocycles. The number of hydrogen-bond acceptors (Lipinski definition) is 5. The Balaban J connectivity index is 1.80. The first kappa shape index (κ1) is 11.9. The largest absolute Gasteiger partial charge is 0.488 e. The van der Waals surface area contributed by atoms with Crippen LogP contribution in [0.5, 0.6) is 17.2 Å². The van der Waals surface area contributed by atoms with Crippen molar-refractivity contribution in [3.05, 3.63) is 35.7 Å². The van der Waals surface area contributed by atoms with E-state index in [-0.39, 0.29) is 6.79 Å². The van der Waals surface area contributed by atoms with Crippen molar-refractivity contribution >= 4 is 0 Å². The third-order valence-corrected chi connectivity index (χ3v) is 2.93. The molecule has 0 atom stereocenters. The summed E-state index contributed by atoms with van der Waals surface area (Å²) in [6, 6.07) is 3.68. The van der Waals surface area contributed by atoms with Gasteiger partial charge in [0.15, 0.2) is 11.5 Å². The number of nitrogens with two attached hydrogens (primary N) is 1. The molecule has 1 aliphatic heterocycles. The highest BCUT2D eigenvalue weighted by atomic mass is 16.7. The summed E-state index contributed by atoms with van der Waals surface area (Å²) in [7, 11) is 1.87. The highest BCUT2D eigenvalue weighted by molar-refractivity contribution is 5.51. The molecule has 0 saturated heterocycles. The maximum absolute atomic E-state index is 5.78. The Bertz CT molecular complexity index is 595. The lowest BCUT2D eigenvalue weighted by molar-refractivity contribution is 0.173. The standard InChI is InChI=1S/C13H15N3O3/c1-16-6-9(5-15-16)7-17-11-3-13-12(18-8-19-13)2-10(11)4-14/h2-3,5-6H,4,7-8,14H2,1H3. The van der Waals surface area contributed by atoms with Crippen LogP contribution in [0.2, 0.25) is 0 Å². The van der Waals surface area contributed by atoms with Crippen molar-refractivity contribution in [1.29, 1.82) is 0 Å². The lowest BCUT2D eigenvalue weighted by Crippen LogP contribution is -2.02. The zero-order valence-electron chi connectivity index (χ0n) is 10.6. The van der Waals surface area contributed by atoms with E-state index in [4.69, 9.17) is 19.9 Å². The van der Waals surface area contributed by atoms with Crippen LogP contribution in [0, 0.1) is 0 Å². The zero-order chi connectivity index (χ0) is 13.2. The number of aromatic nitrogens is 2. The Morgan fingerprint density at radius 2 is 2.16 bits per heavy atom. The molecule has 0 spiro atoms. The predicted molar refractivity (Wildman–Crippen MR) is 68.0 cm³/mol. The summed E-state index contributed by atoms with van der Waals surface area (Å²) in [6.45, 7) is 1.07. The van der Waals surface area contributed by atoms with E-state index >= 15 is 0 Å². The highest BCUT2D eigenvalue weighted by Gasteiger charge is 2.17. The van der Waals surface area contributed by atoms with Crippen LogP contribution in [0.3, 0.4) is 0 Å². The average molecular weight is 261 g/mol. The number of nitrogens with zero attached hydrogens (tertiary/aromatic N) is 2. The van der Waals surface area contributed by atoms with E-state index in [0.29, 0.717) is 24.7 Å². The van der Waals surface area contributed by atoms with Gasteiger partial charge in [-0.05, 0) is 6.07 Å². The molecule has 2 aromatic rings. The third kappa shape index (κ3) is 2.34. The van der Waals surface area contributed by atoms with Gasteiger partial charge in [0.1, 0.15) is 12.4 Å². The van der Waals surface area contributed by atoms with Crippen LogP contribution in [-0.2, 0) is 20.2 Å². The summed E-state index contributed by atoms with van der Waals surface area (Å²) in [5.41, 5.74) is 7.62. The Morgan fingerprint density at radius 1 is 1.37 bits per heavy atom. The van der Waals surface area contributed by atoms with Crippen LogP contribution in [0.15, 0.2) is 24.5 Å². The molecule has 0 unspecified atom stereocenters. The maximum atomic E-state index is 5.78. The van der Waals surface area contributed by atoms with E-state index < -0.39 is 0 Å². The smallest absolute Gasteiger partial charge is 0.231 e. The number of ether oxygens (including phenoxy) is 3. The fraction of sp³-hybridized carbons (Fsp3) is 0.308. The molecule has 6 nitrogen and oxygen atoms in total. The van der Waals surface area contributed by atoms with Gasteiger partial charge in [0.2, 0.25) is 6.79 Å². The van der Waals surface area contributed by atoms with Crippen LogP contribution in [-0.4, -0.2) is 16.6 Å². The molecule has 3 rings (SSSR count). The topological polar surface area (TPSA) is 71.5 Å². The maximum Gasteiger partial charge on any atom is 0.231 e. The highest BCUT2D eigenvalue weighted by Crippen LogP contribution is 2.38. The number of fused-ring (bicyclic) bond motifs is 1. The molecule has 0 bridgehead atoms. The summed E-state index contributed by atoms with van der Waals surface area (Å²) < 4.78 is 18.2. The molecule has 100 valence electrons. The van der Waals surface area contributed by atoms with Crippen LogP contribution in [0.1, 0.15) is 11.1 Å². The van der Waals surface area contributed by atoms with Crippen molar-refractivity contribution in [2.24, 2.45) is 12.8 Å². The molecular weight excluding hydrogens is 246 g/mol. The van der Waals surface area contributed by atoms with Gasteiger partial charge >= 0.3 is 0 Å². The van der Waals surface area contributed by atoms with Gasteiger partial charge in [-0.1, -0.05) is 0 Å². The van der Waals surface area contributed by atoms with Gasteiger partial charge in [-0.25, -0.2) is 0 Å². The SMILES string of the molecule is Cn1cc(COc2cc3c(cc2CN)OCO3)cn1. The van der Waals surface area contributed by atoms with Crippen molar-refractivity contribution in [1.82, 2.24) is 9.78 Å². The lowest BCUT2D eigenvalue weighted by Gasteiger charge is -2.10. The number of rotatable bonds is 4. The van der Waals surface area contributed by atoms with E-state index in [1.54, 1.807) is 10.9 Å². The second-order valence-corrected chi connectivity index (χ2v) is 4.33. The first-order valence-electron chi connectivity index (χ1n) is 5.99. The predicted octanol–water partition coefficient (Wildman–Crippen LogP) is 1.19. The average Bonchev–Trinajstić information content (AvgIpc) is 3.03. The number of benzene rings is 1. The molecule has 1 aliphatic rings. The van der Waals surface area contributed by atoms with Crippen molar-refractivity contribution in [3.63, 3.8) is 0 Å². The Kier molecular flexibility index (Phi) is 3.00. The van der Waals surface area contributed by atoms with E-state index in [1.807, 2.05) is 25.4 Å². The van der Waals surface area contributed by atoms with E-state index in [1.165, 1.54) is 0 Å². The number of aryl methyl sites for hydroxylation is 1. The van der Waals surface area contributed by atoms with Crippen molar-refractivity contribution in [3.8, 4) is 17.2 Å². The van der Waals surface area contributed by atoms with E-state index in [2.05, 4.69) is 5.10 Å². The Labute approximate surface area is 110 Å². The first-order chi connectivity index (χ1) is 9.26. The fourth-order valence-electron chi connectivity index (χ4n) is 1.97. The van der Waals surface area contributed by atoms with Crippen molar-refractivity contribution in [2.75, 3.05) is 6.79 Å². The van der Waals surface area contributed by atoms with Crippen molar-refractivity contribution in [2.45, 2.75) is 13.2 Å². The molecule has 0 fully saturated rings. The molecule has 0 saturated carbocycles. The van der Waals surface area contributed by atoms with Gasteiger partial charge < -0.3 is 19.9 Å². The molecule has 0 radical (unpaired) electrons. The zero-order valence-corrected chi connectivity index (χ0v) is 10.6. The molecule has 2 N–H and O–H groups in total. The molecule has 0 aliphatic carbocycles. The normalized spacial score (nSPS) is 12.7.